The van der Waals surface area contributed by atoms with Crippen LogP contribution in [0.1, 0.15) is 19.4 Å². The van der Waals surface area contributed by atoms with Gasteiger partial charge in [-0.3, -0.25) is 4.90 Å². The number of carbonyl (C=O) groups excluding carboxylic acids is 1. The molecule has 21 heavy (non-hydrogen) atoms. The topological polar surface area (TPSA) is 32.8 Å². The highest BCUT2D eigenvalue weighted by molar-refractivity contribution is 6.30. The lowest BCUT2D eigenvalue weighted by atomic mass is 10.2. The van der Waals surface area contributed by atoms with Gasteiger partial charge in [0.1, 0.15) is 0 Å². The van der Waals surface area contributed by atoms with Crippen LogP contribution in [0, 0.1) is 5.92 Å². The van der Waals surface area contributed by atoms with Gasteiger partial charge in [-0.05, 0) is 23.6 Å². The lowest BCUT2D eigenvalue weighted by Crippen LogP contribution is -2.48. The van der Waals surface area contributed by atoms with E-state index in [0.29, 0.717) is 12.5 Å². The molecule has 4 nitrogen and oxygen atoms in total. The molecule has 1 aliphatic heterocycles. The van der Waals surface area contributed by atoms with Crippen molar-refractivity contribution in [1.29, 1.82) is 0 Å². The minimum Gasteiger partial charge on any atom is -0.449 e. The number of carbonyl (C=O) groups is 1. The number of rotatable bonds is 4. The van der Waals surface area contributed by atoms with Crippen molar-refractivity contribution in [1.82, 2.24) is 9.80 Å². The molecule has 116 valence electrons. The van der Waals surface area contributed by atoms with Gasteiger partial charge in [0.15, 0.2) is 0 Å². The first-order chi connectivity index (χ1) is 10.0. The number of piperazine rings is 1. The van der Waals surface area contributed by atoms with Crippen LogP contribution in [0.4, 0.5) is 4.79 Å². The Hall–Kier alpha value is -1.26. The number of hydrogen-bond donors (Lipinski definition) is 0. The monoisotopic (exact) mass is 310 g/mol. The van der Waals surface area contributed by atoms with E-state index < -0.39 is 0 Å². The molecule has 1 aromatic rings. The van der Waals surface area contributed by atoms with Crippen LogP contribution >= 0.6 is 11.6 Å². The Labute approximate surface area is 131 Å². The van der Waals surface area contributed by atoms with E-state index in [1.807, 2.05) is 32.0 Å². The first kappa shape index (κ1) is 16.1. The Kier molecular flexibility index (Phi) is 5.88. The van der Waals surface area contributed by atoms with Crippen molar-refractivity contribution in [2.24, 2.45) is 5.92 Å². The number of hydrogen-bond acceptors (Lipinski definition) is 3. The van der Waals surface area contributed by atoms with Crippen LogP contribution in [0.15, 0.2) is 24.3 Å². The quantitative estimate of drug-likeness (QED) is 0.856. The Morgan fingerprint density at radius 1 is 1.29 bits per heavy atom. The fourth-order valence-corrected chi connectivity index (χ4v) is 2.52. The lowest BCUT2D eigenvalue weighted by molar-refractivity contribution is 0.0676. The van der Waals surface area contributed by atoms with Gasteiger partial charge >= 0.3 is 6.09 Å². The van der Waals surface area contributed by atoms with Crippen LogP contribution in [0.3, 0.4) is 0 Å². The minimum atomic E-state index is -0.189. The van der Waals surface area contributed by atoms with Crippen LogP contribution in [-0.2, 0) is 11.3 Å². The highest BCUT2D eigenvalue weighted by Gasteiger charge is 2.22. The van der Waals surface area contributed by atoms with E-state index >= 15 is 0 Å². The van der Waals surface area contributed by atoms with Crippen molar-refractivity contribution in [3.63, 3.8) is 0 Å². The first-order valence-corrected chi connectivity index (χ1v) is 7.81. The summed E-state index contributed by atoms with van der Waals surface area (Å²) in [5, 5.41) is 0.767. The van der Waals surface area contributed by atoms with Crippen molar-refractivity contribution in [2.45, 2.75) is 20.4 Å². The highest BCUT2D eigenvalue weighted by atomic mass is 35.5. The minimum absolute atomic E-state index is 0.189. The normalized spacial score (nSPS) is 16.3. The summed E-state index contributed by atoms with van der Waals surface area (Å²) in [6, 6.07) is 7.92. The molecule has 1 aromatic carbocycles. The van der Waals surface area contributed by atoms with E-state index in [-0.39, 0.29) is 6.09 Å². The van der Waals surface area contributed by atoms with Crippen LogP contribution in [0.25, 0.3) is 0 Å². The Morgan fingerprint density at radius 2 is 2.00 bits per heavy atom. The molecule has 5 heteroatoms. The summed E-state index contributed by atoms with van der Waals surface area (Å²) >= 11 is 6.00. The second-order valence-corrected chi connectivity index (χ2v) is 6.30. The second kappa shape index (κ2) is 7.66. The number of nitrogens with zero attached hydrogens (tertiary/aromatic N) is 2. The molecule has 0 aromatic heterocycles. The molecule has 0 N–H and O–H groups in total. The summed E-state index contributed by atoms with van der Waals surface area (Å²) in [6.45, 7) is 8.60. The third-order valence-corrected chi connectivity index (χ3v) is 3.70. The molecule has 0 unspecified atom stereocenters. The van der Waals surface area contributed by atoms with Gasteiger partial charge in [0.25, 0.3) is 0 Å². The zero-order valence-electron chi connectivity index (χ0n) is 12.7. The van der Waals surface area contributed by atoms with Crippen LogP contribution in [0.5, 0.6) is 0 Å². The molecule has 0 saturated carbocycles. The van der Waals surface area contributed by atoms with Crippen LogP contribution < -0.4 is 0 Å². The maximum Gasteiger partial charge on any atom is 0.409 e. The number of halogens is 1. The van der Waals surface area contributed by atoms with E-state index in [9.17, 15) is 4.79 Å². The van der Waals surface area contributed by atoms with Gasteiger partial charge in [0.05, 0.1) is 6.61 Å². The molecule has 0 bridgehead atoms. The molecule has 1 aliphatic rings. The molecule has 0 radical (unpaired) electrons. The largest absolute Gasteiger partial charge is 0.449 e. The maximum atomic E-state index is 11.9. The highest BCUT2D eigenvalue weighted by Crippen LogP contribution is 2.14. The van der Waals surface area contributed by atoms with E-state index in [2.05, 4.69) is 11.0 Å². The van der Waals surface area contributed by atoms with Crippen molar-refractivity contribution < 1.29 is 9.53 Å². The molecule has 0 atom stereocenters. The summed E-state index contributed by atoms with van der Waals surface area (Å²) in [4.78, 5) is 16.0. The third-order valence-electron chi connectivity index (χ3n) is 3.47. The number of amides is 1. The zero-order valence-corrected chi connectivity index (χ0v) is 13.5. The molecule has 2 rings (SSSR count). The van der Waals surface area contributed by atoms with Gasteiger partial charge < -0.3 is 9.64 Å². The molecule has 1 saturated heterocycles. The predicted molar refractivity (Wildman–Crippen MR) is 84.5 cm³/mol. The summed E-state index contributed by atoms with van der Waals surface area (Å²) in [6.07, 6.45) is -0.189. The summed E-state index contributed by atoms with van der Waals surface area (Å²) in [5.41, 5.74) is 1.21. The molecule has 0 aliphatic carbocycles. The average molecular weight is 311 g/mol. The molecule has 0 spiro atoms. The van der Waals surface area contributed by atoms with Gasteiger partial charge in [-0.1, -0.05) is 37.6 Å². The van der Waals surface area contributed by atoms with E-state index in [4.69, 9.17) is 16.3 Å². The molecular weight excluding hydrogens is 288 g/mol. The molecule has 1 amide bonds. The number of ether oxygens (including phenoxy) is 1. The lowest BCUT2D eigenvalue weighted by Gasteiger charge is -2.34. The van der Waals surface area contributed by atoms with E-state index in [1.165, 1.54) is 5.56 Å². The van der Waals surface area contributed by atoms with Gasteiger partial charge in [0.2, 0.25) is 0 Å². The van der Waals surface area contributed by atoms with Crippen molar-refractivity contribution in [2.75, 3.05) is 32.8 Å². The Balaban J connectivity index is 1.76. The van der Waals surface area contributed by atoms with E-state index in [1.54, 1.807) is 4.90 Å². The standard InChI is InChI=1S/C16H23ClN2O2/c1-13(2)12-21-16(20)19-8-6-18(7-9-19)11-14-4-3-5-15(17)10-14/h3-5,10,13H,6-9,11-12H2,1-2H3. The van der Waals surface area contributed by atoms with Crippen molar-refractivity contribution in [3.8, 4) is 0 Å². The Bertz CT molecular complexity index is 471. The molecule has 1 heterocycles. The molecular formula is C16H23ClN2O2. The Morgan fingerprint density at radius 3 is 2.62 bits per heavy atom. The first-order valence-electron chi connectivity index (χ1n) is 7.43. The fraction of sp³-hybridized carbons (Fsp3) is 0.562. The predicted octanol–water partition coefficient (Wildman–Crippen LogP) is 3.25. The number of benzene rings is 1. The molecule has 1 fully saturated rings. The smallest absolute Gasteiger partial charge is 0.409 e. The van der Waals surface area contributed by atoms with Gasteiger partial charge in [-0.25, -0.2) is 4.79 Å². The summed E-state index contributed by atoms with van der Waals surface area (Å²) in [7, 11) is 0. The van der Waals surface area contributed by atoms with Gasteiger partial charge in [0, 0.05) is 37.7 Å². The van der Waals surface area contributed by atoms with Gasteiger partial charge in [-0.2, -0.15) is 0 Å². The second-order valence-electron chi connectivity index (χ2n) is 5.86. The van der Waals surface area contributed by atoms with Crippen LogP contribution in [0.2, 0.25) is 5.02 Å². The van der Waals surface area contributed by atoms with Gasteiger partial charge in [-0.15, -0.1) is 0 Å². The SMILES string of the molecule is CC(C)COC(=O)N1CCN(Cc2cccc(Cl)c2)CC1. The van der Waals surface area contributed by atoms with Crippen molar-refractivity contribution in [3.05, 3.63) is 34.9 Å². The average Bonchev–Trinajstić information content (AvgIpc) is 2.45. The maximum absolute atomic E-state index is 11.9. The fourth-order valence-electron chi connectivity index (χ4n) is 2.31. The zero-order chi connectivity index (χ0) is 15.2. The third kappa shape index (κ3) is 5.21. The summed E-state index contributed by atoms with van der Waals surface area (Å²) < 4.78 is 5.26. The summed E-state index contributed by atoms with van der Waals surface area (Å²) in [5.74, 6) is 0.373. The van der Waals surface area contributed by atoms with Crippen molar-refractivity contribution >= 4 is 17.7 Å². The van der Waals surface area contributed by atoms with E-state index in [0.717, 1.165) is 37.7 Å². The van der Waals surface area contributed by atoms with Crippen LogP contribution in [-0.4, -0.2) is 48.7 Å².